The van der Waals surface area contributed by atoms with Crippen molar-refractivity contribution < 1.29 is 14.1 Å². The lowest BCUT2D eigenvalue weighted by molar-refractivity contribution is -0.858. The van der Waals surface area contributed by atoms with Crippen molar-refractivity contribution in [1.82, 2.24) is 4.98 Å². The van der Waals surface area contributed by atoms with Crippen molar-refractivity contribution >= 4 is 38.7 Å². The van der Waals surface area contributed by atoms with Crippen molar-refractivity contribution in [2.75, 3.05) is 32.1 Å². The summed E-state index contributed by atoms with van der Waals surface area (Å²) in [6, 6.07) is 14.6. The molecule has 140 valence electrons. The predicted molar refractivity (Wildman–Crippen MR) is 110 cm³/mol. The van der Waals surface area contributed by atoms with Gasteiger partial charge >= 0.3 is 0 Å². The van der Waals surface area contributed by atoms with Gasteiger partial charge in [0.25, 0.3) is 5.91 Å². The molecule has 0 atom stereocenters. The first-order valence-corrected chi connectivity index (χ1v) is 9.75. The fraction of sp³-hybridized carbons (Fsp3) is 0.238. The number of hydrogen-bond acceptors (Lipinski definition) is 3. The monoisotopic (exact) mass is 384 g/mol. The molecule has 1 N–H and O–H groups in total. The minimum atomic E-state index is -0.361. The number of amides is 1. The lowest BCUT2D eigenvalue weighted by Crippen LogP contribution is -3.05. The second kappa shape index (κ2) is 8.88. The van der Waals surface area contributed by atoms with E-state index in [0.29, 0.717) is 17.2 Å². The van der Waals surface area contributed by atoms with Crippen LogP contribution in [0.3, 0.4) is 0 Å². The minimum absolute atomic E-state index is 0.146. The molecule has 0 aliphatic rings. The third-order valence-corrected chi connectivity index (χ3v) is 5.18. The zero-order valence-corrected chi connectivity index (χ0v) is 16.3. The number of aromatic nitrogens is 1. The van der Waals surface area contributed by atoms with E-state index in [4.69, 9.17) is 0 Å². The zero-order chi connectivity index (χ0) is 19.2. The van der Waals surface area contributed by atoms with Gasteiger partial charge in [0.1, 0.15) is 11.3 Å². The summed E-state index contributed by atoms with van der Waals surface area (Å²) in [6.07, 6.45) is 4.19. The van der Waals surface area contributed by atoms with Crippen molar-refractivity contribution in [3.8, 4) is 0 Å². The maximum Gasteiger partial charge on any atom is 0.252 e. The highest BCUT2D eigenvalue weighted by atomic mass is 32.1. The summed E-state index contributed by atoms with van der Waals surface area (Å²) < 4.78 is 14.8. The van der Waals surface area contributed by atoms with Gasteiger partial charge in [-0.05, 0) is 23.8 Å². The number of halogens is 1. The van der Waals surface area contributed by atoms with Crippen molar-refractivity contribution in [2.24, 2.45) is 0 Å². The Kier molecular flexibility index (Phi) is 6.32. The number of nitrogens with zero attached hydrogens (tertiary/aromatic N) is 2. The molecule has 0 spiro atoms. The molecular formula is C21H23FN3OS+. The first-order valence-electron chi connectivity index (χ1n) is 8.93. The maximum absolute atomic E-state index is 14.0. The summed E-state index contributed by atoms with van der Waals surface area (Å²) in [4.78, 5) is 20.2. The van der Waals surface area contributed by atoms with E-state index in [0.717, 1.165) is 23.2 Å². The van der Waals surface area contributed by atoms with Gasteiger partial charge in [0, 0.05) is 19.0 Å². The van der Waals surface area contributed by atoms with Crippen LogP contribution in [0.2, 0.25) is 0 Å². The van der Waals surface area contributed by atoms with Gasteiger partial charge in [0.05, 0.1) is 25.3 Å². The number of anilines is 1. The van der Waals surface area contributed by atoms with E-state index < -0.39 is 0 Å². The molecule has 1 heterocycles. The van der Waals surface area contributed by atoms with E-state index >= 15 is 0 Å². The molecule has 27 heavy (non-hydrogen) atoms. The standard InChI is InChI=1S/C21H22FN3OS/c1-24(2)14-7-15-25(19(26)13-12-16-8-4-3-5-9-16)21-23-20-17(22)10-6-11-18(20)27-21/h3-6,8-13H,7,14-15H2,1-2H3/p+1/b13-12+. The molecule has 1 aromatic heterocycles. The van der Waals surface area contributed by atoms with Gasteiger partial charge in [-0.25, -0.2) is 9.37 Å². The van der Waals surface area contributed by atoms with Gasteiger partial charge in [-0.3, -0.25) is 9.69 Å². The Morgan fingerprint density at radius 1 is 1.19 bits per heavy atom. The number of carbonyl (C=O) groups is 1. The molecule has 0 saturated carbocycles. The molecule has 3 aromatic rings. The number of carbonyl (C=O) groups excluding carboxylic acids is 1. The molecule has 3 rings (SSSR count). The summed E-state index contributed by atoms with van der Waals surface area (Å²) in [5.41, 5.74) is 1.28. The van der Waals surface area contributed by atoms with Gasteiger partial charge < -0.3 is 4.90 Å². The summed E-state index contributed by atoms with van der Waals surface area (Å²) in [5.74, 6) is -0.507. The molecular weight excluding hydrogens is 361 g/mol. The Morgan fingerprint density at radius 2 is 1.96 bits per heavy atom. The van der Waals surface area contributed by atoms with E-state index in [1.54, 1.807) is 23.1 Å². The van der Waals surface area contributed by atoms with Crippen molar-refractivity contribution in [3.05, 3.63) is 66.0 Å². The van der Waals surface area contributed by atoms with Gasteiger partial charge in [0.2, 0.25) is 0 Å². The topological polar surface area (TPSA) is 37.6 Å². The van der Waals surface area contributed by atoms with Crippen LogP contribution in [0.25, 0.3) is 16.3 Å². The molecule has 0 aliphatic carbocycles. The Labute approximate surface area is 162 Å². The molecule has 2 aromatic carbocycles. The van der Waals surface area contributed by atoms with Gasteiger partial charge in [-0.1, -0.05) is 47.7 Å². The largest absolute Gasteiger partial charge is 0.340 e. The number of nitrogens with one attached hydrogen (secondary N) is 1. The van der Waals surface area contributed by atoms with E-state index in [1.165, 1.54) is 22.3 Å². The Hall–Kier alpha value is -2.57. The number of fused-ring (bicyclic) bond motifs is 1. The van der Waals surface area contributed by atoms with Gasteiger partial charge in [-0.15, -0.1) is 0 Å². The average Bonchev–Trinajstić information content (AvgIpc) is 3.09. The second-order valence-electron chi connectivity index (χ2n) is 6.63. The molecule has 4 nitrogen and oxygen atoms in total. The molecule has 0 fully saturated rings. The van der Waals surface area contributed by atoms with Crippen molar-refractivity contribution in [1.29, 1.82) is 0 Å². The molecule has 0 aliphatic heterocycles. The third-order valence-electron chi connectivity index (χ3n) is 4.13. The van der Waals surface area contributed by atoms with Crippen LogP contribution in [0.1, 0.15) is 12.0 Å². The van der Waals surface area contributed by atoms with E-state index in [-0.39, 0.29) is 11.7 Å². The lowest BCUT2D eigenvalue weighted by atomic mass is 10.2. The van der Waals surface area contributed by atoms with Crippen LogP contribution in [0, 0.1) is 5.82 Å². The summed E-state index contributed by atoms with van der Waals surface area (Å²) in [5, 5.41) is 0.534. The Bertz CT molecular complexity index is 937. The number of hydrogen-bond donors (Lipinski definition) is 1. The van der Waals surface area contributed by atoms with Crippen molar-refractivity contribution in [2.45, 2.75) is 6.42 Å². The first-order chi connectivity index (χ1) is 13.0. The van der Waals surface area contributed by atoms with Crippen LogP contribution < -0.4 is 9.80 Å². The lowest BCUT2D eigenvalue weighted by Gasteiger charge is -2.18. The molecule has 0 saturated heterocycles. The first kappa shape index (κ1) is 19.2. The molecule has 6 heteroatoms. The highest BCUT2D eigenvalue weighted by molar-refractivity contribution is 7.22. The normalized spacial score (nSPS) is 11.6. The smallest absolute Gasteiger partial charge is 0.252 e. The third kappa shape index (κ3) is 4.99. The SMILES string of the molecule is C[NH+](C)CCCN(C(=O)/C=C/c1ccccc1)c1nc2c(F)cccc2s1. The van der Waals surface area contributed by atoms with Crippen LogP contribution >= 0.6 is 11.3 Å². The minimum Gasteiger partial charge on any atom is -0.340 e. The molecule has 0 bridgehead atoms. The molecule has 1 amide bonds. The number of benzene rings is 2. The quantitative estimate of drug-likeness (QED) is 0.636. The average molecular weight is 385 g/mol. The number of thiazole rings is 1. The Balaban J connectivity index is 1.86. The van der Waals surface area contributed by atoms with Gasteiger partial charge in [-0.2, -0.15) is 0 Å². The summed E-state index contributed by atoms with van der Waals surface area (Å²) in [6.45, 7) is 1.48. The van der Waals surface area contributed by atoms with Crippen LogP contribution in [0.4, 0.5) is 9.52 Å². The fourth-order valence-electron chi connectivity index (χ4n) is 2.73. The summed E-state index contributed by atoms with van der Waals surface area (Å²) in [7, 11) is 4.16. The number of rotatable bonds is 7. The van der Waals surface area contributed by atoms with Crippen LogP contribution in [-0.2, 0) is 4.79 Å². The van der Waals surface area contributed by atoms with E-state index in [1.807, 2.05) is 36.4 Å². The number of quaternary nitrogens is 1. The number of para-hydroxylation sites is 1. The predicted octanol–water partition coefficient (Wildman–Crippen LogP) is 3.02. The van der Waals surface area contributed by atoms with E-state index in [2.05, 4.69) is 19.1 Å². The molecule has 0 unspecified atom stereocenters. The summed E-state index contributed by atoms with van der Waals surface area (Å²) >= 11 is 1.34. The zero-order valence-electron chi connectivity index (χ0n) is 15.5. The van der Waals surface area contributed by atoms with Crippen LogP contribution in [0.15, 0.2) is 54.6 Å². The maximum atomic E-state index is 14.0. The highest BCUT2D eigenvalue weighted by Gasteiger charge is 2.19. The fourth-order valence-corrected chi connectivity index (χ4v) is 3.74. The molecule has 0 radical (unpaired) electrons. The van der Waals surface area contributed by atoms with E-state index in [9.17, 15) is 9.18 Å². The van der Waals surface area contributed by atoms with Crippen molar-refractivity contribution in [3.63, 3.8) is 0 Å². The highest BCUT2D eigenvalue weighted by Crippen LogP contribution is 2.30. The van der Waals surface area contributed by atoms with Gasteiger partial charge in [0.15, 0.2) is 5.13 Å². The Morgan fingerprint density at radius 3 is 2.67 bits per heavy atom. The second-order valence-corrected chi connectivity index (χ2v) is 7.64. The van der Waals surface area contributed by atoms with Crippen LogP contribution in [-0.4, -0.2) is 38.1 Å². The van der Waals surface area contributed by atoms with Crippen LogP contribution in [0.5, 0.6) is 0 Å².